The van der Waals surface area contributed by atoms with E-state index < -0.39 is 0 Å². The van der Waals surface area contributed by atoms with Gasteiger partial charge in [0.1, 0.15) is 11.8 Å². The van der Waals surface area contributed by atoms with Gasteiger partial charge in [-0.2, -0.15) is 15.1 Å². The molecular weight excluding hydrogens is 304 g/mol. The number of nitriles is 1. The van der Waals surface area contributed by atoms with Crippen LogP contribution in [0.5, 0.6) is 0 Å². The molecule has 3 rings (SSSR count). The molecule has 0 aliphatic rings. The maximum atomic E-state index is 12.0. The van der Waals surface area contributed by atoms with Crippen LogP contribution in [-0.2, 0) is 12.8 Å². The molecule has 7 nitrogen and oxygen atoms in total. The lowest BCUT2D eigenvalue weighted by Crippen LogP contribution is -2.33. The summed E-state index contributed by atoms with van der Waals surface area (Å²) in [6.45, 7) is 2.02. The van der Waals surface area contributed by atoms with Crippen molar-refractivity contribution in [2.24, 2.45) is 0 Å². The van der Waals surface area contributed by atoms with Crippen LogP contribution in [0.15, 0.2) is 43.0 Å². The van der Waals surface area contributed by atoms with Crippen molar-refractivity contribution in [3.8, 4) is 11.9 Å². The Morgan fingerprint density at radius 2 is 2.12 bits per heavy atom. The van der Waals surface area contributed by atoms with Gasteiger partial charge in [0.15, 0.2) is 12.0 Å². The van der Waals surface area contributed by atoms with E-state index in [9.17, 15) is 10.5 Å². The van der Waals surface area contributed by atoms with Crippen molar-refractivity contribution in [1.82, 2.24) is 19.7 Å². The molecule has 0 saturated heterocycles. The third kappa shape index (κ3) is 2.94. The zero-order valence-corrected chi connectivity index (χ0v) is 13.3. The van der Waals surface area contributed by atoms with Crippen LogP contribution in [0, 0.1) is 16.5 Å². The molecule has 0 N–H and O–H groups in total. The minimum Gasteiger partial charge on any atom is -0.618 e. The largest absolute Gasteiger partial charge is 0.618 e. The minimum atomic E-state index is 0.441. The Morgan fingerprint density at radius 3 is 2.92 bits per heavy atom. The van der Waals surface area contributed by atoms with Gasteiger partial charge in [-0.25, -0.2) is 14.6 Å². The van der Waals surface area contributed by atoms with E-state index in [1.54, 1.807) is 29.2 Å². The van der Waals surface area contributed by atoms with E-state index >= 15 is 0 Å². The summed E-state index contributed by atoms with van der Waals surface area (Å²) in [4.78, 5) is 8.62. The molecule has 0 bridgehead atoms. The first kappa shape index (κ1) is 15.6. The van der Waals surface area contributed by atoms with Crippen LogP contribution in [0.3, 0.4) is 0 Å². The van der Waals surface area contributed by atoms with Gasteiger partial charge in [-0.1, -0.05) is 6.92 Å². The molecule has 0 unspecified atom stereocenters. The van der Waals surface area contributed by atoms with Crippen molar-refractivity contribution < 1.29 is 4.73 Å². The fourth-order valence-electron chi connectivity index (χ4n) is 2.59. The number of hydrogen-bond donors (Lipinski definition) is 0. The molecule has 0 fully saturated rings. The van der Waals surface area contributed by atoms with E-state index in [-0.39, 0.29) is 0 Å². The summed E-state index contributed by atoms with van der Waals surface area (Å²) in [6.07, 6.45) is 8.16. The van der Waals surface area contributed by atoms with Gasteiger partial charge in [0, 0.05) is 25.2 Å². The first-order chi connectivity index (χ1) is 11.7. The Labute approximate surface area is 139 Å². The number of aromatic nitrogens is 5. The molecule has 120 valence electrons. The Balaban J connectivity index is 2.01. The standard InChI is InChI=1S/C17H16N6O/c1-2-4-16-15(19-9-10-22(16)24)11-14-6-8-21-23(14)17-13(12-18)5-3-7-20-17/h3,5-10H,2,4,11H2,1H3. The van der Waals surface area contributed by atoms with Crippen molar-refractivity contribution in [2.75, 3.05) is 0 Å². The third-order valence-corrected chi connectivity index (χ3v) is 3.70. The molecular formula is C17H16N6O. The molecule has 24 heavy (non-hydrogen) atoms. The maximum Gasteiger partial charge on any atom is 0.214 e. The quantitative estimate of drug-likeness (QED) is 0.527. The maximum absolute atomic E-state index is 12.0. The van der Waals surface area contributed by atoms with Crippen LogP contribution < -0.4 is 4.73 Å². The SMILES string of the molecule is CCCc1c(Cc2ccnn2-c2ncccc2C#N)ncc[n+]1[O-]. The Morgan fingerprint density at radius 1 is 1.25 bits per heavy atom. The van der Waals surface area contributed by atoms with Crippen molar-refractivity contribution in [1.29, 1.82) is 5.26 Å². The molecule has 0 amide bonds. The molecule has 0 spiro atoms. The van der Waals surface area contributed by atoms with E-state index in [4.69, 9.17) is 0 Å². The van der Waals surface area contributed by atoms with Gasteiger partial charge in [0.25, 0.3) is 0 Å². The van der Waals surface area contributed by atoms with Crippen LogP contribution in [0.1, 0.15) is 36.0 Å². The highest BCUT2D eigenvalue weighted by Crippen LogP contribution is 2.16. The predicted molar refractivity (Wildman–Crippen MR) is 86.1 cm³/mol. The Kier molecular flexibility index (Phi) is 4.47. The fourth-order valence-corrected chi connectivity index (χ4v) is 2.59. The van der Waals surface area contributed by atoms with E-state index in [1.807, 2.05) is 13.0 Å². The molecule has 0 radical (unpaired) electrons. The minimum absolute atomic E-state index is 0.441. The second-order valence-corrected chi connectivity index (χ2v) is 5.29. The molecule has 0 saturated carbocycles. The van der Waals surface area contributed by atoms with E-state index in [0.29, 0.717) is 35.6 Å². The monoisotopic (exact) mass is 320 g/mol. The number of rotatable bonds is 5. The first-order valence-electron chi connectivity index (χ1n) is 7.69. The van der Waals surface area contributed by atoms with Crippen molar-refractivity contribution in [3.05, 3.63) is 70.8 Å². The smallest absolute Gasteiger partial charge is 0.214 e. The van der Waals surface area contributed by atoms with E-state index in [2.05, 4.69) is 21.1 Å². The average Bonchev–Trinajstić information content (AvgIpc) is 3.06. The van der Waals surface area contributed by atoms with Crippen LogP contribution in [0.4, 0.5) is 0 Å². The first-order valence-corrected chi connectivity index (χ1v) is 7.69. The second-order valence-electron chi connectivity index (χ2n) is 5.29. The van der Waals surface area contributed by atoms with Crippen LogP contribution in [-0.4, -0.2) is 19.7 Å². The Bertz CT molecular complexity index is 896. The topological polar surface area (TPSA) is 94.3 Å². The summed E-state index contributed by atoms with van der Waals surface area (Å²) >= 11 is 0. The molecule has 0 aliphatic carbocycles. The zero-order valence-electron chi connectivity index (χ0n) is 13.3. The van der Waals surface area contributed by atoms with Gasteiger partial charge in [0.2, 0.25) is 5.69 Å². The molecule has 3 heterocycles. The highest BCUT2D eigenvalue weighted by molar-refractivity contribution is 5.43. The summed E-state index contributed by atoms with van der Waals surface area (Å²) < 4.78 is 2.49. The van der Waals surface area contributed by atoms with E-state index in [1.165, 1.54) is 12.4 Å². The lowest BCUT2D eigenvalue weighted by Gasteiger charge is -2.10. The van der Waals surface area contributed by atoms with Crippen LogP contribution in [0.2, 0.25) is 0 Å². The van der Waals surface area contributed by atoms with Gasteiger partial charge >= 0.3 is 0 Å². The molecule has 3 aromatic heterocycles. The van der Waals surface area contributed by atoms with Crippen LogP contribution >= 0.6 is 0 Å². The third-order valence-electron chi connectivity index (χ3n) is 3.70. The van der Waals surface area contributed by atoms with Crippen molar-refractivity contribution in [2.45, 2.75) is 26.2 Å². The lowest BCUT2D eigenvalue weighted by atomic mass is 10.1. The summed E-state index contributed by atoms with van der Waals surface area (Å²) in [5.41, 5.74) is 2.64. The summed E-state index contributed by atoms with van der Waals surface area (Å²) in [7, 11) is 0. The number of pyridine rings is 1. The number of hydrogen-bond acceptors (Lipinski definition) is 5. The summed E-state index contributed by atoms with van der Waals surface area (Å²) in [6, 6.07) is 7.37. The highest BCUT2D eigenvalue weighted by atomic mass is 16.5. The molecule has 7 heteroatoms. The van der Waals surface area contributed by atoms with Gasteiger partial charge < -0.3 is 5.21 Å². The molecule has 0 aromatic carbocycles. The summed E-state index contributed by atoms with van der Waals surface area (Å²) in [5.74, 6) is 0.475. The van der Waals surface area contributed by atoms with Crippen molar-refractivity contribution >= 4 is 0 Å². The van der Waals surface area contributed by atoms with Gasteiger partial charge in [-0.15, -0.1) is 0 Å². The summed E-state index contributed by atoms with van der Waals surface area (Å²) in [5, 5.41) is 25.6. The highest BCUT2D eigenvalue weighted by Gasteiger charge is 2.17. The normalized spacial score (nSPS) is 10.5. The molecule has 0 aliphatic heterocycles. The van der Waals surface area contributed by atoms with E-state index in [0.717, 1.165) is 16.8 Å². The Hall–Kier alpha value is -3.27. The molecule has 0 atom stereocenters. The second kappa shape index (κ2) is 6.87. The van der Waals surface area contributed by atoms with Gasteiger partial charge in [0.05, 0.1) is 17.5 Å². The average molecular weight is 320 g/mol. The zero-order chi connectivity index (χ0) is 16.9. The van der Waals surface area contributed by atoms with Gasteiger partial charge in [-0.05, 0) is 24.6 Å². The molecule has 3 aromatic rings. The van der Waals surface area contributed by atoms with Crippen molar-refractivity contribution in [3.63, 3.8) is 0 Å². The lowest BCUT2D eigenvalue weighted by molar-refractivity contribution is -0.615. The predicted octanol–water partition coefficient (Wildman–Crippen LogP) is 1.71. The number of nitrogens with zero attached hydrogens (tertiary/aromatic N) is 6. The van der Waals surface area contributed by atoms with Gasteiger partial charge in [-0.3, -0.25) is 0 Å². The fraction of sp³-hybridized carbons (Fsp3) is 0.235. The van der Waals surface area contributed by atoms with Crippen LogP contribution in [0.25, 0.3) is 5.82 Å².